The van der Waals surface area contributed by atoms with Gasteiger partial charge < -0.3 is 10.1 Å². The molecule has 5 heteroatoms. The lowest BCUT2D eigenvalue weighted by molar-refractivity contribution is -0.123. The van der Waals surface area contributed by atoms with Gasteiger partial charge in [0.1, 0.15) is 5.75 Å². The van der Waals surface area contributed by atoms with Crippen molar-refractivity contribution in [3.05, 3.63) is 28.8 Å². The van der Waals surface area contributed by atoms with E-state index >= 15 is 0 Å². The quantitative estimate of drug-likeness (QED) is 0.803. The molecule has 1 amide bonds. The minimum Gasteiger partial charge on any atom is -0.483 e. The van der Waals surface area contributed by atoms with E-state index in [0.717, 1.165) is 0 Å². The van der Waals surface area contributed by atoms with Crippen molar-refractivity contribution in [3.63, 3.8) is 0 Å². The van der Waals surface area contributed by atoms with Crippen molar-refractivity contribution in [2.24, 2.45) is 5.92 Å². The zero-order chi connectivity index (χ0) is 13.0. The second-order valence-corrected chi connectivity index (χ2v) is 4.71. The van der Waals surface area contributed by atoms with Gasteiger partial charge in [0.05, 0.1) is 10.6 Å². The van der Waals surface area contributed by atoms with Gasteiger partial charge in [-0.2, -0.15) is 0 Å². The topological polar surface area (TPSA) is 55.4 Å². The highest BCUT2D eigenvalue weighted by atomic mass is 35.5. The predicted octanol–water partition coefficient (Wildman–Crippen LogP) is 2.06. The number of carbonyl (C=O) groups excluding carboxylic acids is 2. The predicted molar refractivity (Wildman–Crippen MR) is 68.1 cm³/mol. The third-order valence-electron chi connectivity index (χ3n) is 2.77. The fourth-order valence-electron chi connectivity index (χ4n) is 1.53. The lowest BCUT2D eigenvalue weighted by Crippen LogP contribution is -2.30. The first-order valence-corrected chi connectivity index (χ1v) is 6.21. The number of halogens is 1. The van der Waals surface area contributed by atoms with Gasteiger partial charge in [-0.3, -0.25) is 9.59 Å². The van der Waals surface area contributed by atoms with Crippen LogP contribution in [0.5, 0.6) is 5.75 Å². The maximum atomic E-state index is 11.5. The molecule has 1 N–H and O–H groups in total. The third-order valence-corrected chi connectivity index (χ3v) is 3.10. The average Bonchev–Trinajstić information content (AvgIpc) is 3.18. The second kappa shape index (κ2) is 5.87. The average molecular weight is 268 g/mol. The Morgan fingerprint density at radius 1 is 1.50 bits per heavy atom. The van der Waals surface area contributed by atoms with Gasteiger partial charge >= 0.3 is 0 Å². The summed E-state index contributed by atoms with van der Waals surface area (Å²) in [7, 11) is 0. The number of amides is 1. The van der Waals surface area contributed by atoms with Crippen LogP contribution in [0.15, 0.2) is 18.2 Å². The summed E-state index contributed by atoms with van der Waals surface area (Å²) >= 11 is 5.84. The van der Waals surface area contributed by atoms with Crippen molar-refractivity contribution in [3.8, 4) is 5.75 Å². The maximum absolute atomic E-state index is 11.5. The Morgan fingerprint density at radius 3 is 2.94 bits per heavy atom. The molecule has 0 heterocycles. The summed E-state index contributed by atoms with van der Waals surface area (Å²) in [6, 6.07) is 4.89. The number of nitrogens with one attached hydrogen (secondary N) is 1. The van der Waals surface area contributed by atoms with Crippen LogP contribution in [-0.4, -0.2) is 25.3 Å². The van der Waals surface area contributed by atoms with E-state index in [1.54, 1.807) is 18.2 Å². The van der Waals surface area contributed by atoms with E-state index < -0.39 is 0 Å². The zero-order valence-corrected chi connectivity index (χ0v) is 10.6. The van der Waals surface area contributed by atoms with Crippen molar-refractivity contribution in [2.45, 2.75) is 12.8 Å². The molecule has 1 aliphatic carbocycles. The molecule has 96 valence electrons. The van der Waals surface area contributed by atoms with Gasteiger partial charge in [-0.1, -0.05) is 17.7 Å². The van der Waals surface area contributed by atoms with E-state index in [2.05, 4.69) is 5.32 Å². The van der Waals surface area contributed by atoms with Gasteiger partial charge in [0.25, 0.3) is 5.91 Å². The molecule has 1 aliphatic rings. The Morgan fingerprint density at radius 2 is 2.28 bits per heavy atom. The standard InChI is InChI=1S/C13H14ClNO3/c14-11-2-1-3-12(10(11)7-16)18-8-13(17)15-6-9-4-5-9/h1-3,7,9H,4-6,8H2,(H,15,17). The summed E-state index contributed by atoms with van der Waals surface area (Å²) in [5.41, 5.74) is 0.272. The number of carbonyl (C=O) groups is 2. The zero-order valence-electron chi connectivity index (χ0n) is 9.82. The molecule has 0 spiro atoms. The Hall–Kier alpha value is -1.55. The van der Waals surface area contributed by atoms with Gasteiger partial charge in [-0.15, -0.1) is 0 Å². The van der Waals surface area contributed by atoms with Crippen molar-refractivity contribution >= 4 is 23.8 Å². The van der Waals surface area contributed by atoms with Gasteiger partial charge in [0, 0.05) is 6.54 Å². The number of hydrogen-bond donors (Lipinski definition) is 1. The number of benzene rings is 1. The molecule has 1 aromatic rings. The first-order chi connectivity index (χ1) is 8.70. The van der Waals surface area contributed by atoms with Crippen molar-refractivity contribution in [1.82, 2.24) is 5.32 Å². The smallest absolute Gasteiger partial charge is 0.257 e. The highest BCUT2D eigenvalue weighted by Gasteiger charge is 2.21. The maximum Gasteiger partial charge on any atom is 0.257 e. The van der Waals surface area contributed by atoms with Crippen LogP contribution in [0.4, 0.5) is 0 Å². The van der Waals surface area contributed by atoms with Gasteiger partial charge in [-0.25, -0.2) is 0 Å². The number of rotatable bonds is 6. The van der Waals surface area contributed by atoms with Crippen LogP contribution in [0, 0.1) is 5.92 Å². The molecule has 0 unspecified atom stereocenters. The molecular formula is C13H14ClNO3. The highest BCUT2D eigenvalue weighted by Crippen LogP contribution is 2.27. The molecule has 1 fully saturated rings. The van der Waals surface area contributed by atoms with E-state index in [4.69, 9.17) is 16.3 Å². The Bertz CT molecular complexity index is 458. The number of hydrogen-bond acceptors (Lipinski definition) is 3. The highest BCUT2D eigenvalue weighted by molar-refractivity contribution is 6.33. The molecule has 2 rings (SSSR count). The Kier molecular flexibility index (Phi) is 4.20. The van der Waals surface area contributed by atoms with Crippen LogP contribution in [0.3, 0.4) is 0 Å². The van der Waals surface area contributed by atoms with E-state index in [-0.39, 0.29) is 18.1 Å². The molecule has 0 radical (unpaired) electrons. The monoisotopic (exact) mass is 267 g/mol. The fraction of sp³-hybridized carbons (Fsp3) is 0.385. The van der Waals surface area contributed by atoms with E-state index in [1.165, 1.54) is 12.8 Å². The Labute approximate surface area is 110 Å². The molecule has 4 nitrogen and oxygen atoms in total. The van der Waals surface area contributed by atoms with Gasteiger partial charge in [-0.05, 0) is 30.9 Å². The van der Waals surface area contributed by atoms with Crippen molar-refractivity contribution < 1.29 is 14.3 Å². The normalized spacial score (nSPS) is 14.1. The number of aldehydes is 1. The van der Waals surface area contributed by atoms with E-state index in [9.17, 15) is 9.59 Å². The first-order valence-electron chi connectivity index (χ1n) is 5.84. The van der Waals surface area contributed by atoms with Crippen LogP contribution < -0.4 is 10.1 Å². The summed E-state index contributed by atoms with van der Waals surface area (Å²) < 4.78 is 5.30. The van der Waals surface area contributed by atoms with Gasteiger partial charge in [0.15, 0.2) is 12.9 Å². The summed E-state index contributed by atoms with van der Waals surface area (Å²) in [6.45, 7) is 0.603. The van der Waals surface area contributed by atoms with Crippen molar-refractivity contribution in [1.29, 1.82) is 0 Å². The molecule has 0 saturated heterocycles. The van der Waals surface area contributed by atoms with E-state index in [0.29, 0.717) is 29.5 Å². The van der Waals surface area contributed by atoms with Crippen LogP contribution >= 0.6 is 11.6 Å². The molecule has 1 aromatic carbocycles. The van der Waals surface area contributed by atoms with Crippen LogP contribution in [-0.2, 0) is 4.79 Å². The van der Waals surface area contributed by atoms with Gasteiger partial charge in [0.2, 0.25) is 0 Å². The minimum atomic E-state index is -0.182. The fourth-order valence-corrected chi connectivity index (χ4v) is 1.74. The van der Waals surface area contributed by atoms with E-state index in [1.807, 2.05) is 0 Å². The SMILES string of the molecule is O=Cc1c(Cl)cccc1OCC(=O)NCC1CC1. The molecule has 0 bridgehead atoms. The summed E-state index contributed by atoms with van der Waals surface area (Å²) in [5.74, 6) is 0.781. The molecule has 0 aliphatic heterocycles. The molecular weight excluding hydrogens is 254 g/mol. The summed E-state index contributed by atoms with van der Waals surface area (Å²) in [5, 5.41) is 3.10. The van der Waals surface area contributed by atoms with Crippen LogP contribution in [0.25, 0.3) is 0 Å². The first kappa shape index (κ1) is 12.9. The molecule has 18 heavy (non-hydrogen) atoms. The third kappa shape index (κ3) is 3.47. The van der Waals surface area contributed by atoms with Crippen molar-refractivity contribution in [2.75, 3.05) is 13.2 Å². The Balaban J connectivity index is 1.86. The molecule has 1 saturated carbocycles. The number of ether oxygens (including phenoxy) is 1. The summed E-state index contributed by atoms with van der Waals surface area (Å²) in [6.07, 6.45) is 3.00. The molecule has 0 atom stereocenters. The lowest BCUT2D eigenvalue weighted by Gasteiger charge is -2.09. The summed E-state index contributed by atoms with van der Waals surface area (Å²) in [4.78, 5) is 22.3. The second-order valence-electron chi connectivity index (χ2n) is 4.31. The molecule has 0 aromatic heterocycles. The largest absolute Gasteiger partial charge is 0.483 e. The van der Waals surface area contributed by atoms with Crippen LogP contribution in [0.1, 0.15) is 23.2 Å². The minimum absolute atomic E-state index is 0.103. The van der Waals surface area contributed by atoms with Crippen LogP contribution in [0.2, 0.25) is 5.02 Å². The lowest BCUT2D eigenvalue weighted by atomic mass is 10.2.